The highest BCUT2D eigenvalue weighted by Gasteiger charge is 2.59. The van der Waals surface area contributed by atoms with Gasteiger partial charge in [-0.05, 0) is 13.3 Å². The highest BCUT2D eigenvalue weighted by atomic mass is 35.5. The summed E-state index contributed by atoms with van der Waals surface area (Å²) >= 11 is 1.44. The second-order valence-electron chi connectivity index (χ2n) is 10.5. The molecule has 2 N–H and O–H groups in total. The number of nitrogens with one attached hydrogen (secondary N) is 1. The van der Waals surface area contributed by atoms with Gasteiger partial charge in [-0.3, -0.25) is 9.59 Å². The van der Waals surface area contributed by atoms with Crippen LogP contribution in [0, 0.1) is 11.8 Å². The summed E-state index contributed by atoms with van der Waals surface area (Å²) < 4.78 is 0.836. The van der Waals surface area contributed by atoms with Crippen molar-refractivity contribution in [3.8, 4) is 0 Å². The van der Waals surface area contributed by atoms with E-state index in [0.29, 0.717) is 23.9 Å². The number of hydrogen-bond donors (Lipinski definition) is 2. The van der Waals surface area contributed by atoms with Crippen LogP contribution in [0.2, 0.25) is 0 Å². The Bertz CT molecular complexity index is 860. The van der Waals surface area contributed by atoms with E-state index < -0.39 is 18.0 Å². The second kappa shape index (κ2) is 9.37. The fourth-order valence-electron chi connectivity index (χ4n) is 5.62. The van der Waals surface area contributed by atoms with Gasteiger partial charge >= 0.3 is 0 Å². The maximum absolute atomic E-state index is 13.1. The Kier molecular flexibility index (Phi) is 7.46. The van der Waals surface area contributed by atoms with E-state index in [2.05, 4.69) is 26.5 Å². The lowest BCUT2D eigenvalue weighted by Gasteiger charge is -2.47. The van der Waals surface area contributed by atoms with Crippen molar-refractivity contribution >= 4 is 42.0 Å². The van der Waals surface area contributed by atoms with Crippen LogP contribution in [0.25, 0.3) is 0 Å². The van der Waals surface area contributed by atoms with Crippen LogP contribution >= 0.6 is 24.2 Å². The van der Waals surface area contributed by atoms with Crippen LogP contribution in [-0.2, 0) is 14.4 Å². The third-order valence-corrected chi connectivity index (χ3v) is 9.07. The predicted molar refractivity (Wildman–Crippen MR) is 125 cm³/mol. The second-order valence-corrected chi connectivity index (χ2v) is 11.9. The fourth-order valence-corrected chi connectivity index (χ4v) is 7.10. The Balaban J connectivity index is 0.00000306. The summed E-state index contributed by atoms with van der Waals surface area (Å²) in [5.74, 6) is -2.38. The minimum Gasteiger partial charge on any atom is -0.543 e. The van der Waals surface area contributed by atoms with Crippen molar-refractivity contribution in [3.05, 3.63) is 10.6 Å². The predicted octanol–water partition coefficient (Wildman–Crippen LogP) is -1.00. The Morgan fingerprint density at radius 1 is 1.30 bits per heavy atom. The van der Waals surface area contributed by atoms with Crippen molar-refractivity contribution in [2.45, 2.75) is 56.2 Å². The van der Waals surface area contributed by atoms with E-state index in [0.717, 1.165) is 24.0 Å². The third-order valence-electron chi connectivity index (χ3n) is 7.55. The topological polar surface area (TPSA) is 113 Å². The molecule has 33 heavy (non-hydrogen) atoms. The number of carbonyl (C=O) groups excluding carboxylic acids is 3. The molecule has 4 aliphatic heterocycles. The third kappa shape index (κ3) is 4.52. The molecule has 0 aromatic carbocycles. The number of aliphatic carboxylic acids is 1. The summed E-state index contributed by atoms with van der Waals surface area (Å²) in [6, 6.07) is -0.183. The number of aliphatic hydroxyl groups excluding tert-OH is 1. The van der Waals surface area contributed by atoms with Crippen LogP contribution in [0.3, 0.4) is 0 Å². The van der Waals surface area contributed by atoms with Gasteiger partial charge in [0, 0.05) is 35.6 Å². The van der Waals surface area contributed by atoms with Crippen molar-refractivity contribution in [1.29, 1.82) is 0 Å². The largest absolute Gasteiger partial charge is 0.543 e. The van der Waals surface area contributed by atoms with Gasteiger partial charge in [0.15, 0.2) is 0 Å². The van der Waals surface area contributed by atoms with E-state index in [1.54, 1.807) is 6.92 Å². The SMILES string of the molecule is CC(O)[C@H]1C(=O)N2C(C(=O)[O-])=C(S[C@@H]3CN[C@H](C(=O)N4CC[C@H]([N+](C)(C)C)C4)C3)[C@H](C)[C@H]12.Cl. The molecule has 4 rings (SSSR count). The Morgan fingerprint density at radius 3 is 2.52 bits per heavy atom. The molecule has 1 unspecified atom stereocenters. The number of β-lactam (4-membered cyclic amide) rings is 1. The molecule has 9 nitrogen and oxygen atoms in total. The molecular formula is C22H35ClN4O5S. The number of quaternary nitrogens is 1. The van der Waals surface area contributed by atoms with Crippen molar-refractivity contribution in [1.82, 2.24) is 15.1 Å². The molecule has 2 amide bonds. The normalized spacial score (nSPS) is 34.8. The number of likely N-dealkylation sites (tertiary alicyclic amines) is 1. The van der Waals surface area contributed by atoms with Crippen LogP contribution in [-0.4, -0.2) is 107 Å². The number of rotatable bonds is 6. The molecule has 4 heterocycles. The number of nitrogens with zero attached hydrogens (tertiary/aromatic N) is 3. The summed E-state index contributed by atoms with van der Waals surface area (Å²) in [5.41, 5.74) is -0.0606. The molecule has 0 radical (unpaired) electrons. The van der Waals surface area contributed by atoms with Gasteiger partial charge in [-0.2, -0.15) is 0 Å². The summed E-state index contributed by atoms with van der Waals surface area (Å²) in [7, 11) is 6.46. The summed E-state index contributed by atoms with van der Waals surface area (Å²) in [5, 5.41) is 25.2. The van der Waals surface area contributed by atoms with Gasteiger partial charge in [-0.15, -0.1) is 24.2 Å². The van der Waals surface area contributed by atoms with E-state index >= 15 is 0 Å². The van der Waals surface area contributed by atoms with Crippen LogP contribution in [0.5, 0.6) is 0 Å². The number of carboxylic acids is 1. The maximum atomic E-state index is 13.1. The molecule has 3 fully saturated rings. The molecule has 0 aromatic heterocycles. The molecule has 0 bridgehead atoms. The van der Waals surface area contributed by atoms with Crippen LogP contribution in [0.15, 0.2) is 10.6 Å². The van der Waals surface area contributed by atoms with E-state index in [1.165, 1.54) is 16.7 Å². The van der Waals surface area contributed by atoms with Crippen LogP contribution in [0.1, 0.15) is 26.7 Å². The molecule has 0 saturated carbocycles. The van der Waals surface area contributed by atoms with Gasteiger partial charge < -0.3 is 34.6 Å². The lowest BCUT2D eigenvalue weighted by molar-refractivity contribution is -0.893. The number of aliphatic hydroxyl groups is 1. The first kappa shape index (κ1) is 26.3. The van der Waals surface area contributed by atoms with E-state index in [4.69, 9.17) is 0 Å². The molecular weight excluding hydrogens is 468 g/mol. The quantitative estimate of drug-likeness (QED) is 0.354. The Hall–Kier alpha value is -1.33. The average Bonchev–Trinajstić information content (AvgIpc) is 3.40. The fraction of sp³-hybridized carbons (Fsp3) is 0.773. The zero-order chi connectivity index (χ0) is 23.5. The molecule has 0 aromatic rings. The number of amides is 2. The van der Waals surface area contributed by atoms with Crippen molar-refractivity contribution in [3.63, 3.8) is 0 Å². The molecule has 4 aliphatic rings. The number of carboxylic acid groups (broad SMARTS) is 1. The van der Waals surface area contributed by atoms with Gasteiger partial charge in [0.05, 0.1) is 63.5 Å². The Morgan fingerprint density at radius 2 is 1.97 bits per heavy atom. The summed E-state index contributed by atoms with van der Waals surface area (Å²) in [4.78, 5) is 41.3. The molecule has 0 aliphatic carbocycles. The monoisotopic (exact) mass is 502 g/mol. The van der Waals surface area contributed by atoms with Gasteiger partial charge in [0.25, 0.3) is 0 Å². The number of carbonyl (C=O) groups is 3. The van der Waals surface area contributed by atoms with E-state index in [1.807, 2.05) is 11.8 Å². The molecule has 186 valence electrons. The van der Waals surface area contributed by atoms with Gasteiger partial charge in [0.2, 0.25) is 11.8 Å². The smallest absolute Gasteiger partial charge is 0.239 e. The zero-order valence-corrected chi connectivity index (χ0v) is 21.4. The van der Waals surface area contributed by atoms with Crippen LogP contribution in [0.4, 0.5) is 0 Å². The van der Waals surface area contributed by atoms with Crippen molar-refractivity contribution < 1.29 is 29.1 Å². The minimum absolute atomic E-state index is 0. The van der Waals surface area contributed by atoms with Gasteiger partial charge in [-0.25, -0.2) is 0 Å². The van der Waals surface area contributed by atoms with E-state index in [9.17, 15) is 24.6 Å². The lowest BCUT2D eigenvalue weighted by atomic mass is 9.79. The zero-order valence-electron chi connectivity index (χ0n) is 19.8. The molecule has 0 spiro atoms. The number of halogens is 1. The van der Waals surface area contributed by atoms with Crippen molar-refractivity contribution in [2.75, 3.05) is 40.8 Å². The Labute approximate surface area is 205 Å². The first-order chi connectivity index (χ1) is 14.9. The average molecular weight is 503 g/mol. The lowest BCUT2D eigenvalue weighted by Crippen LogP contribution is -2.64. The van der Waals surface area contributed by atoms with Crippen molar-refractivity contribution in [2.24, 2.45) is 11.8 Å². The molecule has 7 atom stereocenters. The van der Waals surface area contributed by atoms with Crippen LogP contribution < -0.4 is 10.4 Å². The van der Waals surface area contributed by atoms with Gasteiger partial charge in [-0.1, -0.05) is 6.92 Å². The number of thioether (sulfide) groups is 1. The maximum Gasteiger partial charge on any atom is 0.239 e. The highest BCUT2D eigenvalue weighted by Crippen LogP contribution is 2.51. The summed E-state index contributed by atoms with van der Waals surface area (Å²) in [6.45, 7) is 5.59. The number of fused-ring (bicyclic) bond motifs is 1. The summed E-state index contributed by atoms with van der Waals surface area (Å²) in [6.07, 6.45) is 0.781. The van der Waals surface area contributed by atoms with Gasteiger partial charge in [0.1, 0.15) is 6.04 Å². The standard InChI is InChI=1S/C22H34N4O5S.ClH/c1-11-17-16(12(2)27)21(29)25(17)18(22(30)31)19(11)32-14-8-15(23-9-14)20(28)24-7-6-13(10-24)26(3,4)5;/h11-17,23,27H,6-10H2,1-5H3;1H/t11-,12?,13+,14+,15+,16-,17-;/m1./s1. The molecule has 11 heteroatoms. The first-order valence-electron chi connectivity index (χ1n) is 11.4. The highest BCUT2D eigenvalue weighted by molar-refractivity contribution is 8.03. The minimum atomic E-state index is -1.36. The first-order valence-corrected chi connectivity index (χ1v) is 12.3. The number of likely N-dealkylation sites (N-methyl/N-ethyl adjacent to an activating group) is 1. The van der Waals surface area contributed by atoms with E-state index in [-0.39, 0.29) is 53.2 Å². The number of hydrogen-bond acceptors (Lipinski definition) is 7. The molecule has 3 saturated heterocycles.